The fourth-order valence-electron chi connectivity index (χ4n) is 2.71. The Morgan fingerprint density at radius 1 is 1.25 bits per heavy atom. The lowest BCUT2D eigenvalue weighted by atomic mass is 9.84. The maximum Gasteiger partial charge on any atom is 0.268 e. The average molecular weight is 276 g/mol. The first-order chi connectivity index (χ1) is 9.20. The summed E-state index contributed by atoms with van der Waals surface area (Å²) in [4.78, 5) is 12.6. The number of hydrogen-bond donors (Lipinski definition) is 1. The number of aryl methyl sites for hydroxylation is 2. The van der Waals surface area contributed by atoms with Gasteiger partial charge in [0.05, 0.1) is 6.04 Å². The first-order valence-electron chi connectivity index (χ1n) is 7.39. The van der Waals surface area contributed by atoms with Gasteiger partial charge in [0.25, 0.3) is 5.91 Å². The molecule has 0 aromatic heterocycles. The summed E-state index contributed by atoms with van der Waals surface area (Å²) in [5, 5.41) is 1.41. The van der Waals surface area contributed by atoms with Gasteiger partial charge in [-0.3, -0.25) is 9.80 Å². The maximum atomic E-state index is 12.6. The van der Waals surface area contributed by atoms with Crippen LogP contribution in [0, 0.1) is 12.3 Å². The molecule has 3 heteroatoms. The molecule has 20 heavy (non-hydrogen) atoms. The van der Waals surface area contributed by atoms with E-state index in [0.29, 0.717) is 5.56 Å². The minimum absolute atomic E-state index is 0.0283. The van der Waals surface area contributed by atoms with Gasteiger partial charge in [0.2, 0.25) is 0 Å². The van der Waals surface area contributed by atoms with Crippen molar-refractivity contribution >= 4 is 5.91 Å². The minimum Gasteiger partial charge on any atom is -0.273 e. The van der Waals surface area contributed by atoms with E-state index in [1.54, 1.807) is 0 Å². The summed E-state index contributed by atoms with van der Waals surface area (Å²) >= 11 is 0. The number of hydrogen-bond acceptors (Lipinski definition) is 2. The molecule has 0 saturated heterocycles. The third-order valence-electron chi connectivity index (χ3n) is 3.75. The molecule has 0 aliphatic carbocycles. The SMILES string of the molecule is CCc1cc(C)cc(C(=O)N(N)[C@H](CC)C(C)(C)C)c1. The molecule has 0 saturated carbocycles. The fourth-order valence-corrected chi connectivity index (χ4v) is 2.71. The van der Waals surface area contributed by atoms with E-state index in [4.69, 9.17) is 5.84 Å². The smallest absolute Gasteiger partial charge is 0.268 e. The number of carbonyl (C=O) groups is 1. The van der Waals surface area contributed by atoms with E-state index in [9.17, 15) is 4.79 Å². The predicted octanol–water partition coefficient (Wildman–Crippen LogP) is 3.70. The number of nitrogens with two attached hydrogens (primary N) is 1. The summed E-state index contributed by atoms with van der Waals surface area (Å²) in [5.41, 5.74) is 2.93. The standard InChI is InChI=1S/C17H28N2O/c1-7-13-9-12(3)10-14(11-13)16(20)19(18)15(8-2)17(4,5)6/h9-11,15H,7-8,18H2,1-6H3/t15-/m1/s1. The lowest BCUT2D eigenvalue weighted by Crippen LogP contribution is -2.51. The van der Waals surface area contributed by atoms with E-state index in [-0.39, 0.29) is 17.4 Å². The van der Waals surface area contributed by atoms with Crippen LogP contribution in [0.4, 0.5) is 0 Å². The molecule has 0 fully saturated rings. The first-order valence-corrected chi connectivity index (χ1v) is 7.39. The summed E-state index contributed by atoms with van der Waals surface area (Å²) in [7, 11) is 0. The number of hydrazine groups is 1. The van der Waals surface area contributed by atoms with Gasteiger partial charge in [-0.15, -0.1) is 0 Å². The minimum atomic E-state index is -0.0924. The summed E-state index contributed by atoms with van der Waals surface area (Å²) in [6.07, 6.45) is 1.77. The Hall–Kier alpha value is -1.35. The lowest BCUT2D eigenvalue weighted by Gasteiger charge is -2.36. The van der Waals surface area contributed by atoms with Crippen LogP contribution in [0.25, 0.3) is 0 Å². The second kappa shape index (κ2) is 6.40. The highest BCUT2D eigenvalue weighted by atomic mass is 16.2. The molecule has 3 nitrogen and oxygen atoms in total. The molecule has 0 bridgehead atoms. The summed E-state index contributed by atoms with van der Waals surface area (Å²) < 4.78 is 0. The van der Waals surface area contributed by atoms with Gasteiger partial charge in [0, 0.05) is 5.56 Å². The highest BCUT2D eigenvalue weighted by Gasteiger charge is 2.30. The second-order valence-electron chi connectivity index (χ2n) is 6.56. The van der Waals surface area contributed by atoms with Crippen molar-refractivity contribution in [2.45, 2.75) is 60.4 Å². The molecule has 0 radical (unpaired) electrons. The third-order valence-corrected chi connectivity index (χ3v) is 3.75. The van der Waals surface area contributed by atoms with Crippen LogP contribution in [-0.4, -0.2) is 17.0 Å². The monoisotopic (exact) mass is 276 g/mol. The quantitative estimate of drug-likeness (QED) is 0.518. The molecule has 1 amide bonds. The van der Waals surface area contributed by atoms with Crippen LogP contribution in [0.3, 0.4) is 0 Å². The Labute approximate surface area is 123 Å². The van der Waals surface area contributed by atoms with Crippen LogP contribution >= 0.6 is 0 Å². The molecule has 0 heterocycles. The van der Waals surface area contributed by atoms with Crippen molar-refractivity contribution in [3.8, 4) is 0 Å². The van der Waals surface area contributed by atoms with Crippen LogP contribution < -0.4 is 5.84 Å². The van der Waals surface area contributed by atoms with Gasteiger partial charge in [-0.2, -0.15) is 0 Å². The van der Waals surface area contributed by atoms with E-state index in [0.717, 1.165) is 18.4 Å². The van der Waals surface area contributed by atoms with Crippen molar-refractivity contribution in [1.82, 2.24) is 5.01 Å². The Morgan fingerprint density at radius 3 is 2.30 bits per heavy atom. The van der Waals surface area contributed by atoms with E-state index in [2.05, 4.69) is 40.7 Å². The molecule has 1 atom stereocenters. The molecule has 0 aliphatic heterocycles. The Balaban J connectivity index is 3.08. The summed E-state index contributed by atoms with van der Waals surface area (Å²) in [6.45, 7) is 12.5. The fraction of sp³-hybridized carbons (Fsp3) is 0.588. The summed E-state index contributed by atoms with van der Waals surface area (Å²) in [6, 6.07) is 6.00. The van der Waals surface area contributed by atoms with Gasteiger partial charge >= 0.3 is 0 Å². The van der Waals surface area contributed by atoms with Crippen LogP contribution in [0.15, 0.2) is 18.2 Å². The molecule has 1 aromatic carbocycles. The molecule has 1 rings (SSSR count). The van der Waals surface area contributed by atoms with Crippen molar-refractivity contribution in [3.05, 3.63) is 34.9 Å². The van der Waals surface area contributed by atoms with Crippen molar-refractivity contribution in [1.29, 1.82) is 0 Å². The number of amides is 1. The van der Waals surface area contributed by atoms with Crippen LogP contribution in [0.1, 0.15) is 62.5 Å². The average Bonchev–Trinajstić information content (AvgIpc) is 2.35. The topological polar surface area (TPSA) is 46.3 Å². The van der Waals surface area contributed by atoms with Crippen molar-refractivity contribution in [3.63, 3.8) is 0 Å². The zero-order valence-corrected chi connectivity index (χ0v) is 13.7. The molecule has 112 valence electrons. The number of benzene rings is 1. The first kappa shape index (κ1) is 16.7. The van der Waals surface area contributed by atoms with Crippen molar-refractivity contribution < 1.29 is 4.79 Å². The number of nitrogens with zero attached hydrogens (tertiary/aromatic N) is 1. The Kier molecular flexibility index (Phi) is 5.35. The van der Waals surface area contributed by atoms with E-state index >= 15 is 0 Å². The van der Waals surface area contributed by atoms with Gasteiger partial charge in [-0.05, 0) is 42.9 Å². The van der Waals surface area contributed by atoms with Crippen LogP contribution in [-0.2, 0) is 6.42 Å². The number of rotatable bonds is 4. The number of carbonyl (C=O) groups excluding carboxylic acids is 1. The zero-order valence-electron chi connectivity index (χ0n) is 13.7. The van der Waals surface area contributed by atoms with Gasteiger partial charge in [-0.25, -0.2) is 5.84 Å². The predicted molar refractivity (Wildman–Crippen MR) is 84.4 cm³/mol. The molecule has 2 N–H and O–H groups in total. The largest absolute Gasteiger partial charge is 0.273 e. The molecule has 1 aromatic rings. The highest BCUT2D eigenvalue weighted by Crippen LogP contribution is 2.26. The Morgan fingerprint density at radius 2 is 1.85 bits per heavy atom. The van der Waals surface area contributed by atoms with Gasteiger partial charge in [0.1, 0.15) is 0 Å². The van der Waals surface area contributed by atoms with Gasteiger partial charge in [0.15, 0.2) is 0 Å². The second-order valence-corrected chi connectivity index (χ2v) is 6.56. The van der Waals surface area contributed by atoms with Gasteiger partial charge in [-0.1, -0.05) is 46.2 Å². The van der Waals surface area contributed by atoms with Gasteiger partial charge < -0.3 is 0 Å². The van der Waals surface area contributed by atoms with Crippen LogP contribution in [0.5, 0.6) is 0 Å². The summed E-state index contributed by atoms with van der Waals surface area (Å²) in [5.74, 6) is 6.02. The zero-order chi connectivity index (χ0) is 15.5. The molecule has 0 spiro atoms. The highest BCUT2D eigenvalue weighted by molar-refractivity contribution is 5.94. The van der Waals surface area contributed by atoms with E-state index in [1.165, 1.54) is 10.6 Å². The molecule has 0 unspecified atom stereocenters. The molecular formula is C17H28N2O. The molecular weight excluding hydrogens is 248 g/mol. The maximum absolute atomic E-state index is 12.6. The van der Waals surface area contributed by atoms with Crippen LogP contribution in [0.2, 0.25) is 0 Å². The molecule has 0 aliphatic rings. The third kappa shape index (κ3) is 3.83. The van der Waals surface area contributed by atoms with E-state index < -0.39 is 0 Å². The van der Waals surface area contributed by atoms with E-state index in [1.807, 2.05) is 19.1 Å². The van der Waals surface area contributed by atoms with Crippen molar-refractivity contribution in [2.24, 2.45) is 11.3 Å². The van der Waals surface area contributed by atoms with Crippen molar-refractivity contribution in [2.75, 3.05) is 0 Å². The lowest BCUT2D eigenvalue weighted by molar-refractivity contribution is 0.0505. The Bertz CT molecular complexity index is 474. The normalized spacial score (nSPS) is 13.2.